The van der Waals surface area contributed by atoms with E-state index in [1.807, 2.05) is 0 Å². The standard InChI is InChI=1S/C18H11NO5S.Na/c20-17-12-3-1-2-4-13(12)18(21)16(17)15-7-5-10-9-11(25(22,23)24)6-8-14(10)19-15;/h1-9,16H,(H,22,23,24);/q;+1/p-1. The van der Waals surface area contributed by atoms with Crippen molar-refractivity contribution in [1.29, 1.82) is 0 Å². The van der Waals surface area contributed by atoms with Crippen LogP contribution < -0.4 is 29.6 Å². The molecule has 1 aromatic heterocycles. The normalized spacial score (nSPS) is 14.3. The number of aromatic nitrogens is 1. The number of Topliss-reactive ketones (excluding diaryl/α,β-unsaturated/α-hetero) is 2. The van der Waals surface area contributed by atoms with Gasteiger partial charge in [-0.3, -0.25) is 14.6 Å². The Kier molecular flexibility index (Phi) is 4.85. The molecule has 0 atom stereocenters. The first-order chi connectivity index (χ1) is 11.9. The number of hydrogen-bond donors (Lipinski definition) is 0. The van der Waals surface area contributed by atoms with Gasteiger partial charge in [0.15, 0.2) is 11.6 Å². The third-order valence-corrected chi connectivity index (χ3v) is 5.08. The van der Waals surface area contributed by atoms with Crippen molar-refractivity contribution in [3.8, 4) is 0 Å². The molecule has 1 aliphatic rings. The maximum absolute atomic E-state index is 12.5. The molecule has 0 N–H and O–H groups in total. The molecule has 0 radical (unpaired) electrons. The zero-order chi connectivity index (χ0) is 17.8. The molecule has 2 aromatic carbocycles. The molecule has 1 heterocycles. The van der Waals surface area contributed by atoms with Gasteiger partial charge in [0.25, 0.3) is 0 Å². The minimum Gasteiger partial charge on any atom is -0.744 e. The van der Waals surface area contributed by atoms with Gasteiger partial charge in [0, 0.05) is 16.5 Å². The van der Waals surface area contributed by atoms with Gasteiger partial charge >= 0.3 is 29.6 Å². The van der Waals surface area contributed by atoms with Gasteiger partial charge in [-0.05, 0) is 24.3 Å². The zero-order valence-corrected chi connectivity index (χ0v) is 16.5. The number of nitrogens with zero attached hydrogens (tertiary/aromatic N) is 1. The van der Waals surface area contributed by atoms with E-state index in [2.05, 4.69) is 4.98 Å². The first-order valence-corrected chi connectivity index (χ1v) is 8.81. The van der Waals surface area contributed by atoms with Crippen LogP contribution in [-0.2, 0) is 10.1 Å². The van der Waals surface area contributed by atoms with Gasteiger partial charge in [-0.25, -0.2) is 8.42 Å². The largest absolute Gasteiger partial charge is 1.00 e. The van der Waals surface area contributed by atoms with Crippen LogP contribution in [0.2, 0.25) is 0 Å². The van der Waals surface area contributed by atoms with Crippen LogP contribution in [-0.4, -0.2) is 29.5 Å². The topological polar surface area (TPSA) is 104 Å². The Morgan fingerprint density at radius 1 is 0.885 bits per heavy atom. The second-order valence-corrected chi connectivity index (χ2v) is 7.13. The van der Waals surface area contributed by atoms with E-state index in [0.29, 0.717) is 27.7 Å². The molecule has 0 unspecified atom stereocenters. The number of carbonyl (C=O) groups is 2. The van der Waals surface area contributed by atoms with E-state index in [0.717, 1.165) is 6.07 Å². The molecule has 1 aliphatic carbocycles. The van der Waals surface area contributed by atoms with Gasteiger partial charge in [0.1, 0.15) is 16.0 Å². The first kappa shape index (κ1) is 18.9. The predicted molar refractivity (Wildman–Crippen MR) is 87.6 cm³/mol. The Hall–Kier alpha value is -1.90. The van der Waals surface area contributed by atoms with Crippen LogP contribution in [0.25, 0.3) is 10.9 Å². The van der Waals surface area contributed by atoms with Gasteiger partial charge < -0.3 is 4.55 Å². The Bertz CT molecular complexity index is 1140. The minimum atomic E-state index is -4.56. The van der Waals surface area contributed by atoms with E-state index < -0.39 is 16.0 Å². The number of fused-ring (bicyclic) bond motifs is 2. The smallest absolute Gasteiger partial charge is 0.744 e. The number of hydrogen-bond acceptors (Lipinski definition) is 6. The third kappa shape index (κ3) is 3.02. The first-order valence-electron chi connectivity index (χ1n) is 7.40. The minimum absolute atomic E-state index is 0. The number of rotatable bonds is 2. The summed E-state index contributed by atoms with van der Waals surface area (Å²) in [7, 11) is -4.56. The molecule has 6 nitrogen and oxygen atoms in total. The second kappa shape index (κ2) is 6.68. The average Bonchev–Trinajstić information content (AvgIpc) is 2.85. The fourth-order valence-electron chi connectivity index (χ4n) is 3.05. The van der Waals surface area contributed by atoms with Crippen molar-refractivity contribution >= 4 is 32.6 Å². The van der Waals surface area contributed by atoms with Gasteiger partial charge in [0.2, 0.25) is 0 Å². The molecule has 0 spiro atoms. The summed E-state index contributed by atoms with van der Waals surface area (Å²) in [5, 5.41) is 0.441. The van der Waals surface area contributed by atoms with Crippen molar-refractivity contribution in [2.45, 2.75) is 10.8 Å². The van der Waals surface area contributed by atoms with E-state index in [1.165, 1.54) is 18.2 Å². The van der Waals surface area contributed by atoms with Crippen LogP contribution in [0.5, 0.6) is 0 Å². The Labute approximate surface area is 171 Å². The molecule has 8 heteroatoms. The summed E-state index contributed by atoms with van der Waals surface area (Å²) < 4.78 is 33.3. The maximum atomic E-state index is 12.5. The fourth-order valence-corrected chi connectivity index (χ4v) is 3.55. The van der Waals surface area contributed by atoms with E-state index in [1.54, 1.807) is 30.3 Å². The van der Waals surface area contributed by atoms with Crippen LogP contribution in [0.4, 0.5) is 0 Å². The molecule has 0 bridgehead atoms. The zero-order valence-electron chi connectivity index (χ0n) is 13.7. The molecular formula is C18H10NNaO5S. The molecule has 0 fully saturated rings. The molecule has 0 saturated heterocycles. The van der Waals surface area contributed by atoms with E-state index in [4.69, 9.17) is 0 Å². The monoisotopic (exact) mass is 375 g/mol. The summed E-state index contributed by atoms with van der Waals surface area (Å²) in [6.45, 7) is 0. The number of benzene rings is 2. The van der Waals surface area contributed by atoms with Crippen molar-refractivity contribution in [2.75, 3.05) is 0 Å². The van der Waals surface area contributed by atoms with Crippen LogP contribution >= 0.6 is 0 Å². The summed E-state index contributed by atoms with van der Waals surface area (Å²) in [5.41, 5.74) is 1.47. The van der Waals surface area contributed by atoms with Crippen molar-refractivity contribution in [3.63, 3.8) is 0 Å². The van der Waals surface area contributed by atoms with Gasteiger partial charge in [-0.15, -0.1) is 0 Å². The van der Waals surface area contributed by atoms with Crippen LogP contribution in [0.3, 0.4) is 0 Å². The molecule has 124 valence electrons. The quantitative estimate of drug-likeness (QED) is 0.333. The maximum Gasteiger partial charge on any atom is 1.00 e. The van der Waals surface area contributed by atoms with E-state index in [-0.39, 0.29) is 46.0 Å². The van der Waals surface area contributed by atoms with Crippen molar-refractivity contribution in [2.24, 2.45) is 0 Å². The Morgan fingerprint density at radius 3 is 2.08 bits per heavy atom. The summed E-state index contributed by atoms with van der Waals surface area (Å²) in [6.07, 6.45) is 0. The van der Waals surface area contributed by atoms with Crippen molar-refractivity contribution in [1.82, 2.24) is 4.98 Å². The van der Waals surface area contributed by atoms with E-state index in [9.17, 15) is 22.6 Å². The fraction of sp³-hybridized carbons (Fsp3) is 0.0556. The summed E-state index contributed by atoms with van der Waals surface area (Å²) >= 11 is 0. The Balaban J connectivity index is 0.00000196. The molecular weight excluding hydrogens is 365 g/mol. The number of pyridine rings is 1. The number of carbonyl (C=O) groups excluding carboxylic acids is 2. The second-order valence-electron chi connectivity index (χ2n) is 5.75. The predicted octanol–water partition coefficient (Wildman–Crippen LogP) is -0.694. The van der Waals surface area contributed by atoms with Gasteiger partial charge in [-0.2, -0.15) is 0 Å². The van der Waals surface area contributed by atoms with Crippen LogP contribution in [0.1, 0.15) is 32.3 Å². The Morgan fingerprint density at radius 2 is 1.50 bits per heavy atom. The van der Waals surface area contributed by atoms with Crippen LogP contribution in [0.15, 0.2) is 59.5 Å². The van der Waals surface area contributed by atoms with Gasteiger partial charge in [0.05, 0.1) is 16.1 Å². The SMILES string of the molecule is O=C1c2ccccc2C(=O)C1c1ccc2cc(S(=O)(=O)[O-])ccc2n1.[Na+]. The summed E-state index contributed by atoms with van der Waals surface area (Å²) in [6, 6.07) is 13.5. The molecule has 4 rings (SSSR count). The molecule has 0 saturated carbocycles. The van der Waals surface area contributed by atoms with Crippen LogP contribution in [0, 0.1) is 0 Å². The molecule has 0 amide bonds. The molecule has 0 aliphatic heterocycles. The average molecular weight is 375 g/mol. The summed E-state index contributed by atoms with van der Waals surface area (Å²) in [5.74, 6) is -1.60. The third-order valence-electron chi connectivity index (χ3n) is 4.25. The van der Waals surface area contributed by atoms with Gasteiger partial charge in [-0.1, -0.05) is 30.3 Å². The molecule has 3 aromatic rings. The van der Waals surface area contributed by atoms with E-state index >= 15 is 0 Å². The number of ketones is 2. The van der Waals surface area contributed by atoms with Crippen molar-refractivity contribution < 1.29 is 52.1 Å². The summed E-state index contributed by atoms with van der Waals surface area (Å²) in [4.78, 5) is 29.1. The van der Waals surface area contributed by atoms with Crippen molar-refractivity contribution in [3.05, 3.63) is 71.4 Å². The molecule has 26 heavy (non-hydrogen) atoms.